The van der Waals surface area contributed by atoms with E-state index in [-0.39, 0.29) is 18.0 Å². The summed E-state index contributed by atoms with van der Waals surface area (Å²) in [6.45, 7) is 2.67. The van der Waals surface area contributed by atoms with Crippen LogP contribution in [0.15, 0.2) is 51.0 Å². The number of nitrogens with zero attached hydrogens (tertiary/aromatic N) is 2. The van der Waals surface area contributed by atoms with Gasteiger partial charge in [-0.15, -0.1) is 0 Å². The molecule has 1 amide bonds. The quantitative estimate of drug-likeness (QED) is 0.293. The number of methoxy groups -OCH3 is 1. The summed E-state index contributed by atoms with van der Waals surface area (Å²) in [4.78, 5) is 42.8. The van der Waals surface area contributed by atoms with E-state index >= 15 is 0 Å². The van der Waals surface area contributed by atoms with E-state index in [1.807, 2.05) is 0 Å². The fraction of sp³-hybridized carbons (Fsp3) is 0.440. The Morgan fingerprint density at radius 2 is 2.06 bits per heavy atom. The average Bonchev–Trinajstić information content (AvgIpc) is 3.38. The molecule has 4 rings (SSSR count). The van der Waals surface area contributed by atoms with Crippen LogP contribution in [0.1, 0.15) is 55.1 Å². The van der Waals surface area contributed by atoms with Gasteiger partial charge < -0.3 is 14.5 Å². The van der Waals surface area contributed by atoms with E-state index in [0.29, 0.717) is 39.8 Å². The predicted molar refractivity (Wildman–Crippen MR) is 130 cm³/mol. The normalized spacial score (nSPS) is 15.2. The molecule has 0 bridgehead atoms. The highest BCUT2D eigenvalue weighted by Crippen LogP contribution is 2.25. The lowest BCUT2D eigenvalue weighted by Gasteiger charge is -2.22. The van der Waals surface area contributed by atoms with Gasteiger partial charge in [0.1, 0.15) is 5.76 Å². The fourth-order valence-electron chi connectivity index (χ4n) is 4.22. The van der Waals surface area contributed by atoms with E-state index in [2.05, 4.69) is 10.3 Å². The SMILES string of the molecule is COC(=O)c1ccc2c(=O)n(Cc3ccco3)c(SC(C)C(=O)NCC3CCCCC3)nc2c1. The van der Waals surface area contributed by atoms with Crippen LogP contribution in [0.4, 0.5) is 0 Å². The van der Waals surface area contributed by atoms with Crippen LogP contribution in [0, 0.1) is 5.92 Å². The van der Waals surface area contributed by atoms with Crippen LogP contribution in [-0.2, 0) is 16.1 Å². The van der Waals surface area contributed by atoms with E-state index < -0.39 is 11.2 Å². The number of furan rings is 1. The van der Waals surface area contributed by atoms with Crippen molar-refractivity contribution in [1.29, 1.82) is 0 Å². The summed E-state index contributed by atoms with van der Waals surface area (Å²) in [6.07, 6.45) is 7.57. The van der Waals surface area contributed by atoms with Gasteiger partial charge in [-0.3, -0.25) is 14.2 Å². The number of aromatic nitrogens is 2. The third kappa shape index (κ3) is 5.52. The van der Waals surface area contributed by atoms with E-state index in [1.54, 1.807) is 37.5 Å². The second kappa shape index (κ2) is 10.9. The van der Waals surface area contributed by atoms with Crippen molar-refractivity contribution in [2.24, 2.45) is 5.92 Å². The maximum atomic E-state index is 13.4. The number of hydrogen-bond donors (Lipinski definition) is 1. The van der Waals surface area contributed by atoms with E-state index in [0.717, 1.165) is 12.8 Å². The first-order valence-corrected chi connectivity index (χ1v) is 12.4. The lowest BCUT2D eigenvalue weighted by molar-refractivity contribution is -0.120. The number of hydrogen-bond acceptors (Lipinski definition) is 7. The molecule has 1 aromatic carbocycles. The average molecular weight is 484 g/mol. The molecule has 8 nitrogen and oxygen atoms in total. The standard InChI is InChI=1S/C25H29N3O5S/c1-16(22(29)26-14-17-7-4-3-5-8-17)34-25-27-21-13-18(24(31)32-2)10-11-20(21)23(30)28(25)15-19-9-6-12-33-19/h6,9-13,16-17H,3-5,7-8,14-15H2,1-2H3,(H,26,29). The Bertz CT molecular complexity index is 1220. The van der Waals surface area contributed by atoms with Crippen LogP contribution < -0.4 is 10.9 Å². The van der Waals surface area contributed by atoms with Crippen molar-refractivity contribution >= 4 is 34.5 Å². The van der Waals surface area contributed by atoms with Gasteiger partial charge in [0.05, 0.1) is 41.6 Å². The van der Waals surface area contributed by atoms with Crippen LogP contribution in [0.25, 0.3) is 10.9 Å². The van der Waals surface area contributed by atoms with Gasteiger partial charge in [-0.2, -0.15) is 0 Å². The molecular weight excluding hydrogens is 454 g/mol. The van der Waals surface area contributed by atoms with Gasteiger partial charge in [0.25, 0.3) is 5.56 Å². The lowest BCUT2D eigenvalue weighted by atomic mass is 9.89. The van der Waals surface area contributed by atoms with Gasteiger partial charge in [0, 0.05) is 6.54 Å². The molecule has 0 spiro atoms. The van der Waals surface area contributed by atoms with Gasteiger partial charge in [-0.05, 0) is 56.0 Å². The van der Waals surface area contributed by atoms with Crippen molar-refractivity contribution < 1.29 is 18.7 Å². The topological polar surface area (TPSA) is 103 Å². The minimum Gasteiger partial charge on any atom is -0.467 e. The molecule has 2 heterocycles. The van der Waals surface area contributed by atoms with Crippen LogP contribution in [0.2, 0.25) is 0 Å². The predicted octanol–water partition coefficient (Wildman–Crippen LogP) is 4.00. The Balaban J connectivity index is 1.61. The first-order valence-electron chi connectivity index (χ1n) is 11.6. The number of amides is 1. The summed E-state index contributed by atoms with van der Waals surface area (Å²) >= 11 is 1.22. The number of rotatable bonds is 8. The van der Waals surface area contributed by atoms with Gasteiger partial charge >= 0.3 is 5.97 Å². The monoisotopic (exact) mass is 483 g/mol. The Morgan fingerprint density at radius 3 is 2.76 bits per heavy atom. The van der Waals surface area contributed by atoms with Gasteiger partial charge in [-0.25, -0.2) is 9.78 Å². The van der Waals surface area contributed by atoms with Gasteiger partial charge in [-0.1, -0.05) is 31.0 Å². The van der Waals surface area contributed by atoms with Crippen molar-refractivity contribution in [3.05, 3.63) is 58.3 Å². The van der Waals surface area contributed by atoms with Crippen molar-refractivity contribution in [3.63, 3.8) is 0 Å². The first-order chi connectivity index (χ1) is 16.5. The molecule has 0 saturated heterocycles. The Kier molecular flexibility index (Phi) is 7.72. The number of carbonyl (C=O) groups is 2. The van der Waals surface area contributed by atoms with Crippen molar-refractivity contribution in [1.82, 2.24) is 14.9 Å². The highest BCUT2D eigenvalue weighted by atomic mass is 32.2. The number of benzene rings is 1. The molecule has 3 aromatic rings. The van der Waals surface area contributed by atoms with E-state index in [1.165, 1.54) is 48.8 Å². The summed E-state index contributed by atoms with van der Waals surface area (Å²) in [5.41, 5.74) is 0.413. The minimum atomic E-state index is -0.506. The zero-order valence-electron chi connectivity index (χ0n) is 19.4. The van der Waals surface area contributed by atoms with Crippen LogP contribution in [0.5, 0.6) is 0 Å². The third-order valence-electron chi connectivity index (χ3n) is 6.18. The summed E-state index contributed by atoms with van der Waals surface area (Å²) in [6, 6.07) is 8.20. The molecule has 1 N–H and O–H groups in total. The molecular formula is C25H29N3O5S. The molecule has 0 aliphatic heterocycles. The number of fused-ring (bicyclic) bond motifs is 1. The molecule has 1 unspecified atom stereocenters. The smallest absolute Gasteiger partial charge is 0.337 e. The maximum absolute atomic E-state index is 13.4. The second-order valence-corrected chi connectivity index (χ2v) is 9.91. The van der Waals surface area contributed by atoms with E-state index in [9.17, 15) is 14.4 Å². The molecule has 1 saturated carbocycles. The number of carbonyl (C=O) groups excluding carboxylic acids is 2. The van der Waals surface area contributed by atoms with Crippen LogP contribution in [0.3, 0.4) is 0 Å². The second-order valence-electron chi connectivity index (χ2n) is 8.60. The van der Waals surface area contributed by atoms with Crippen molar-refractivity contribution in [3.8, 4) is 0 Å². The summed E-state index contributed by atoms with van der Waals surface area (Å²) in [5.74, 6) is 0.541. The highest BCUT2D eigenvalue weighted by Gasteiger charge is 2.22. The molecule has 180 valence electrons. The van der Waals surface area contributed by atoms with Gasteiger partial charge in [0.15, 0.2) is 5.16 Å². The van der Waals surface area contributed by atoms with Gasteiger partial charge in [0.2, 0.25) is 5.91 Å². The number of nitrogens with one attached hydrogen (secondary N) is 1. The number of thioether (sulfide) groups is 1. The highest BCUT2D eigenvalue weighted by molar-refractivity contribution is 8.00. The Hall–Kier alpha value is -3.07. The lowest BCUT2D eigenvalue weighted by Crippen LogP contribution is -2.36. The van der Waals surface area contributed by atoms with Crippen LogP contribution in [-0.4, -0.2) is 40.3 Å². The third-order valence-corrected chi connectivity index (χ3v) is 7.27. The molecule has 1 aliphatic rings. The Morgan fingerprint density at radius 1 is 1.26 bits per heavy atom. The first kappa shape index (κ1) is 24.1. The molecule has 1 fully saturated rings. The zero-order valence-corrected chi connectivity index (χ0v) is 20.2. The van der Waals surface area contributed by atoms with Crippen molar-refractivity contribution in [2.45, 2.75) is 56.0 Å². The number of esters is 1. The fourth-order valence-corrected chi connectivity index (χ4v) is 5.16. The molecule has 1 atom stereocenters. The molecule has 0 radical (unpaired) electrons. The largest absolute Gasteiger partial charge is 0.467 e. The Labute approximate surface area is 202 Å². The van der Waals surface area contributed by atoms with E-state index in [4.69, 9.17) is 9.15 Å². The van der Waals surface area contributed by atoms with Crippen LogP contribution >= 0.6 is 11.8 Å². The minimum absolute atomic E-state index is 0.0854. The summed E-state index contributed by atoms with van der Waals surface area (Å²) in [7, 11) is 1.30. The molecule has 2 aromatic heterocycles. The summed E-state index contributed by atoms with van der Waals surface area (Å²) < 4.78 is 11.7. The molecule has 1 aliphatic carbocycles. The summed E-state index contributed by atoms with van der Waals surface area (Å²) in [5, 5.41) is 3.37. The van der Waals surface area contributed by atoms with Crippen molar-refractivity contribution in [2.75, 3.05) is 13.7 Å². The molecule has 34 heavy (non-hydrogen) atoms. The molecule has 9 heteroatoms. The number of ether oxygens (including phenoxy) is 1. The maximum Gasteiger partial charge on any atom is 0.337 e. The zero-order chi connectivity index (χ0) is 24.1.